The molecule has 2 unspecified atom stereocenters. The third-order valence-corrected chi connectivity index (χ3v) is 5.45. The number of piperidine rings is 1. The first-order valence-electron chi connectivity index (χ1n) is 7.56. The smallest absolute Gasteiger partial charge is 0.225 e. The zero-order chi connectivity index (χ0) is 14.1. The summed E-state index contributed by atoms with van der Waals surface area (Å²) in [5.74, 6) is 1.28. The Balaban J connectivity index is 1.50. The first kappa shape index (κ1) is 14.0. The zero-order valence-electron chi connectivity index (χ0n) is 12.3. The van der Waals surface area contributed by atoms with Gasteiger partial charge in [0, 0.05) is 36.5 Å². The van der Waals surface area contributed by atoms with E-state index in [-0.39, 0.29) is 0 Å². The van der Waals surface area contributed by atoms with Crippen LogP contribution in [0.3, 0.4) is 0 Å². The number of likely N-dealkylation sites (tertiary alicyclic amines) is 1. The lowest BCUT2D eigenvalue weighted by atomic mass is 9.93. The van der Waals surface area contributed by atoms with E-state index in [9.17, 15) is 4.79 Å². The number of nitrogens with zero attached hydrogens (tertiary/aromatic N) is 2. The fourth-order valence-electron chi connectivity index (χ4n) is 2.96. The third-order valence-electron chi connectivity index (χ3n) is 4.51. The van der Waals surface area contributed by atoms with E-state index >= 15 is 0 Å². The van der Waals surface area contributed by atoms with E-state index in [1.54, 1.807) is 11.3 Å². The van der Waals surface area contributed by atoms with E-state index in [2.05, 4.69) is 29.0 Å². The Hall–Kier alpha value is -0.940. The molecule has 1 aromatic rings. The van der Waals surface area contributed by atoms with Gasteiger partial charge < -0.3 is 10.2 Å². The Morgan fingerprint density at radius 2 is 2.30 bits per heavy atom. The molecule has 0 bridgehead atoms. The quantitative estimate of drug-likeness (QED) is 0.925. The summed E-state index contributed by atoms with van der Waals surface area (Å²) in [6.07, 6.45) is 3.28. The van der Waals surface area contributed by atoms with Crippen LogP contribution >= 0.6 is 11.3 Å². The van der Waals surface area contributed by atoms with E-state index in [1.807, 2.05) is 5.51 Å². The van der Waals surface area contributed by atoms with Crippen LogP contribution in [-0.4, -0.2) is 34.9 Å². The molecular weight excluding hydrogens is 270 g/mol. The molecule has 5 heteroatoms. The highest BCUT2D eigenvalue weighted by Gasteiger charge is 2.36. The van der Waals surface area contributed by atoms with Gasteiger partial charge in [0.25, 0.3) is 0 Å². The van der Waals surface area contributed by atoms with E-state index in [0.29, 0.717) is 23.8 Å². The molecule has 110 valence electrons. The van der Waals surface area contributed by atoms with Crippen molar-refractivity contribution in [1.82, 2.24) is 15.2 Å². The topological polar surface area (TPSA) is 45.2 Å². The minimum absolute atomic E-state index is 0.353. The second kappa shape index (κ2) is 5.82. The predicted octanol–water partition coefficient (Wildman–Crippen LogP) is 2.19. The van der Waals surface area contributed by atoms with E-state index < -0.39 is 0 Å². The van der Waals surface area contributed by atoms with Gasteiger partial charge in [0.2, 0.25) is 5.91 Å². The normalized spacial score (nSPS) is 26.8. The van der Waals surface area contributed by atoms with E-state index in [0.717, 1.165) is 44.6 Å². The Kier molecular flexibility index (Phi) is 4.08. The average molecular weight is 293 g/mol. The molecule has 2 atom stereocenters. The van der Waals surface area contributed by atoms with Gasteiger partial charge in [-0.1, -0.05) is 6.92 Å². The number of hydrogen-bond acceptors (Lipinski definition) is 4. The monoisotopic (exact) mass is 293 g/mol. The van der Waals surface area contributed by atoms with Gasteiger partial charge in [0.1, 0.15) is 0 Å². The summed E-state index contributed by atoms with van der Waals surface area (Å²) in [5.41, 5.74) is 3.05. The maximum Gasteiger partial charge on any atom is 0.225 e. The highest BCUT2D eigenvalue weighted by molar-refractivity contribution is 7.09. The van der Waals surface area contributed by atoms with Crippen LogP contribution < -0.4 is 5.32 Å². The van der Waals surface area contributed by atoms with E-state index in [4.69, 9.17) is 0 Å². The number of carbonyl (C=O) groups excluding carboxylic acids is 1. The van der Waals surface area contributed by atoms with Crippen molar-refractivity contribution in [2.75, 3.05) is 13.1 Å². The van der Waals surface area contributed by atoms with Crippen molar-refractivity contribution in [1.29, 1.82) is 0 Å². The van der Waals surface area contributed by atoms with Crippen LogP contribution in [-0.2, 0) is 11.3 Å². The van der Waals surface area contributed by atoms with Crippen molar-refractivity contribution in [3.63, 3.8) is 0 Å². The fraction of sp³-hybridized carbons (Fsp3) is 0.733. The lowest BCUT2D eigenvalue weighted by molar-refractivity contribution is -0.134. The van der Waals surface area contributed by atoms with Gasteiger partial charge in [-0.3, -0.25) is 4.79 Å². The zero-order valence-corrected chi connectivity index (χ0v) is 13.1. The molecular formula is C15H23N3OS. The number of aryl methyl sites for hydroxylation is 1. The standard InChI is InChI=1S/C15H23N3OS/c1-10-8-18(15(19)12-3-4-12)6-5-13(10)16-7-14-11(2)17-9-20-14/h9-10,12-13,16H,3-8H2,1-2H3. The number of hydrogen-bond donors (Lipinski definition) is 1. The lowest BCUT2D eigenvalue weighted by Gasteiger charge is -2.37. The lowest BCUT2D eigenvalue weighted by Crippen LogP contribution is -2.50. The molecule has 2 aliphatic rings. The molecule has 2 fully saturated rings. The summed E-state index contributed by atoms with van der Waals surface area (Å²) in [6.45, 7) is 7.05. The van der Waals surface area contributed by atoms with Crippen LogP contribution in [0, 0.1) is 18.8 Å². The SMILES string of the molecule is Cc1ncsc1CNC1CCN(C(=O)C2CC2)CC1C. The van der Waals surface area contributed by atoms with Crippen molar-refractivity contribution in [2.45, 2.75) is 45.7 Å². The number of carbonyl (C=O) groups is 1. The summed E-state index contributed by atoms with van der Waals surface area (Å²) < 4.78 is 0. The number of thiazole rings is 1. The maximum absolute atomic E-state index is 12.1. The van der Waals surface area contributed by atoms with Crippen LogP contribution in [0.25, 0.3) is 0 Å². The highest BCUT2D eigenvalue weighted by Crippen LogP contribution is 2.32. The summed E-state index contributed by atoms with van der Waals surface area (Å²) in [7, 11) is 0. The van der Waals surface area contributed by atoms with Crippen molar-refractivity contribution >= 4 is 17.2 Å². The molecule has 0 aromatic carbocycles. The van der Waals surface area contributed by atoms with Gasteiger partial charge in [-0.25, -0.2) is 4.98 Å². The molecule has 1 aliphatic carbocycles. The Morgan fingerprint density at radius 3 is 2.90 bits per heavy atom. The second-order valence-corrected chi connectivity index (χ2v) is 7.11. The molecule has 1 saturated heterocycles. The molecule has 0 radical (unpaired) electrons. The van der Waals surface area contributed by atoms with Gasteiger partial charge in [0.05, 0.1) is 11.2 Å². The van der Waals surface area contributed by atoms with Crippen LogP contribution in [0.15, 0.2) is 5.51 Å². The largest absolute Gasteiger partial charge is 0.342 e. The van der Waals surface area contributed by atoms with Crippen LogP contribution in [0.5, 0.6) is 0 Å². The van der Waals surface area contributed by atoms with Gasteiger partial charge in [-0.05, 0) is 32.1 Å². The number of aromatic nitrogens is 1. The molecule has 20 heavy (non-hydrogen) atoms. The van der Waals surface area contributed by atoms with Crippen molar-refractivity contribution in [3.05, 3.63) is 16.1 Å². The van der Waals surface area contributed by atoms with Crippen molar-refractivity contribution in [2.24, 2.45) is 11.8 Å². The minimum Gasteiger partial charge on any atom is -0.342 e. The fourth-order valence-corrected chi connectivity index (χ4v) is 3.69. The summed E-state index contributed by atoms with van der Waals surface area (Å²) in [6, 6.07) is 0.514. The van der Waals surface area contributed by atoms with Crippen LogP contribution in [0.4, 0.5) is 0 Å². The number of rotatable bonds is 4. The Labute approximate surface area is 124 Å². The van der Waals surface area contributed by atoms with E-state index in [1.165, 1.54) is 4.88 Å². The summed E-state index contributed by atoms with van der Waals surface area (Å²) in [4.78, 5) is 19.8. The first-order valence-corrected chi connectivity index (χ1v) is 8.44. The number of nitrogens with one attached hydrogen (secondary N) is 1. The maximum atomic E-state index is 12.1. The molecule has 1 aromatic heterocycles. The summed E-state index contributed by atoms with van der Waals surface area (Å²) in [5, 5.41) is 3.65. The predicted molar refractivity (Wildman–Crippen MR) is 80.6 cm³/mol. The summed E-state index contributed by atoms with van der Waals surface area (Å²) >= 11 is 1.72. The highest BCUT2D eigenvalue weighted by atomic mass is 32.1. The number of amides is 1. The molecule has 3 rings (SSSR count). The molecule has 1 amide bonds. The van der Waals surface area contributed by atoms with Gasteiger partial charge in [-0.15, -0.1) is 11.3 Å². The van der Waals surface area contributed by atoms with Crippen molar-refractivity contribution < 1.29 is 4.79 Å². The molecule has 1 aliphatic heterocycles. The molecule has 2 heterocycles. The minimum atomic E-state index is 0.353. The average Bonchev–Trinajstić information content (AvgIpc) is 3.20. The first-order chi connectivity index (χ1) is 9.65. The second-order valence-electron chi connectivity index (χ2n) is 6.17. The van der Waals surface area contributed by atoms with Gasteiger partial charge in [0.15, 0.2) is 0 Å². The van der Waals surface area contributed by atoms with Gasteiger partial charge in [-0.2, -0.15) is 0 Å². The van der Waals surface area contributed by atoms with Crippen LogP contribution in [0.1, 0.15) is 36.8 Å². The van der Waals surface area contributed by atoms with Crippen molar-refractivity contribution in [3.8, 4) is 0 Å². The molecule has 1 saturated carbocycles. The molecule has 1 N–H and O–H groups in total. The Morgan fingerprint density at radius 1 is 1.50 bits per heavy atom. The third kappa shape index (κ3) is 3.04. The van der Waals surface area contributed by atoms with Gasteiger partial charge >= 0.3 is 0 Å². The molecule has 0 spiro atoms. The molecule has 4 nitrogen and oxygen atoms in total. The van der Waals surface area contributed by atoms with Crippen LogP contribution in [0.2, 0.25) is 0 Å². The Bertz CT molecular complexity index is 483.